The lowest BCUT2D eigenvalue weighted by atomic mass is 10.1. The zero-order valence-electron chi connectivity index (χ0n) is 14.2. The van der Waals surface area contributed by atoms with Crippen molar-refractivity contribution in [3.63, 3.8) is 0 Å². The summed E-state index contributed by atoms with van der Waals surface area (Å²) >= 11 is 0. The van der Waals surface area contributed by atoms with E-state index in [4.69, 9.17) is 4.74 Å². The monoisotopic (exact) mass is 364 g/mol. The van der Waals surface area contributed by atoms with Crippen LogP contribution in [0.2, 0.25) is 0 Å². The van der Waals surface area contributed by atoms with E-state index in [1.165, 1.54) is 24.3 Å². The largest absolute Gasteiger partial charge is 0.484 e. The molecule has 26 heavy (non-hydrogen) atoms. The van der Waals surface area contributed by atoms with Gasteiger partial charge in [-0.2, -0.15) is 8.78 Å². The van der Waals surface area contributed by atoms with E-state index < -0.39 is 18.4 Å². The third kappa shape index (κ3) is 6.04. The number of alkyl halides is 2. The number of hydrogen-bond donors (Lipinski definition) is 2. The molecule has 0 unspecified atom stereocenters. The first-order valence-electron chi connectivity index (χ1n) is 7.68. The minimum absolute atomic E-state index is 0.0672. The number of benzene rings is 2. The highest BCUT2D eigenvalue weighted by Gasteiger charge is 2.10. The lowest BCUT2D eigenvalue weighted by molar-refractivity contribution is -0.123. The Hall–Kier alpha value is -3.16. The predicted octanol–water partition coefficient (Wildman–Crippen LogP) is 2.74. The van der Waals surface area contributed by atoms with Crippen LogP contribution in [0.25, 0.3) is 0 Å². The molecule has 2 aromatic rings. The van der Waals surface area contributed by atoms with Gasteiger partial charge in [0.1, 0.15) is 11.5 Å². The molecule has 0 fully saturated rings. The van der Waals surface area contributed by atoms with Gasteiger partial charge in [-0.25, -0.2) is 0 Å². The molecule has 2 N–H and O–H groups in total. The molecule has 0 atom stereocenters. The van der Waals surface area contributed by atoms with Crippen LogP contribution in [0.5, 0.6) is 11.5 Å². The summed E-state index contributed by atoms with van der Waals surface area (Å²) in [5.74, 6) is -0.662. The normalized spacial score (nSPS) is 10.3. The van der Waals surface area contributed by atoms with E-state index in [0.717, 1.165) is 11.1 Å². The number of rotatable bonds is 6. The molecule has 2 rings (SSSR count). The van der Waals surface area contributed by atoms with Crippen LogP contribution in [-0.4, -0.2) is 25.0 Å². The van der Waals surface area contributed by atoms with Crippen molar-refractivity contribution >= 4 is 11.8 Å². The Kier molecular flexibility index (Phi) is 6.48. The topological polar surface area (TPSA) is 76.7 Å². The Labute approximate surface area is 149 Å². The van der Waals surface area contributed by atoms with E-state index in [9.17, 15) is 18.4 Å². The van der Waals surface area contributed by atoms with Gasteiger partial charge in [0.2, 0.25) is 0 Å². The number of nitrogens with one attached hydrogen (secondary N) is 2. The third-order valence-corrected chi connectivity index (χ3v) is 3.22. The molecule has 0 aliphatic heterocycles. The summed E-state index contributed by atoms with van der Waals surface area (Å²) < 4.78 is 33.7. The van der Waals surface area contributed by atoms with E-state index in [0.29, 0.717) is 5.75 Å². The van der Waals surface area contributed by atoms with Crippen molar-refractivity contribution in [2.45, 2.75) is 20.5 Å². The van der Waals surface area contributed by atoms with Crippen LogP contribution in [0.1, 0.15) is 21.5 Å². The van der Waals surface area contributed by atoms with Gasteiger partial charge in [-0.3, -0.25) is 20.4 Å². The van der Waals surface area contributed by atoms with Crippen molar-refractivity contribution in [1.29, 1.82) is 0 Å². The van der Waals surface area contributed by atoms with Crippen molar-refractivity contribution in [3.05, 3.63) is 59.2 Å². The van der Waals surface area contributed by atoms with Crippen molar-refractivity contribution in [1.82, 2.24) is 10.9 Å². The Balaban J connectivity index is 1.80. The number of hydrogen-bond acceptors (Lipinski definition) is 4. The van der Waals surface area contributed by atoms with E-state index in [2.05, 4.69) is 15.6 Å². The standard InChI is InChI=1S/C18H18F2N2O4/c1-11-7-12(2)9-15(8-11)25-10-16(23)21-22-17(24)13-3-5-14(6-4-13)26-18(19)20/h3-9,18H,10H2,1-2H3,(H,21,23)(H,22,24). The van der Waals surface area contributed by atoms with Crippen LogP contribution in [0, 0.1) is 13.8 Å². The highest BCUT2D eigenvalue weighted by Crippen LogP contribution is 2.16. The van der Waals surface area contributed by atoms with E-state index in [1.54, 1.807) is 12.1 Å². The molecule has 0 aliphatic rings. The molecule has 2 aromatic carbocycles. The average Bonchev–Trinajstić information content (AvgIpc) is 2.57. The van der Waals surface area contributed by atoms with Gasteiger partial charge in [-0.1, -0.05) is 6.07 Å². The van der Waals surface area contributed by atoms with Gasteiger partial charge in [0.25, 0.3) is 11.8 Å². The second-order valence-corrected chi connectivity index (χ2v) is 5.52. The molecule has 0 aromatic heterocycles. The lowest BCUT2D eigenvalue weighted by Gasteiger charge is -2.10. The Morgan fingerprint density at radius 1 is 0.962 bits per heavy atom. The first-order valence-corrected chi connectivity index (χ1v) is 7.68. The zero-order chi connectivity index (χ0) is 19.1. The van der Waals surface area contributed by atoms with Gasteiger partial charge < -0.3 is 9.47 Å². The Bertz CT molecular complexity index is 759. The van der Waals surface area contributed by atoms with E-state index >= 15 is 0 Å². The molecule has 6 nitrogen and oxygen atoms in total. The first kappa shape index (κ1) is 19.2. The molecular weight excluding hydrogens is 346 g/mol. The molecule has 0 heterocycles. The van der Waals surface area contributed by atoms with Crippen molar-refractivity contribution in [2.24, 2.45) is 0 Å². The SMILES string of the molecule is Cc1cc(C)cc(OCC(=O)NNC(=O)c2ccc(OC(F)F)cc2)c1. The molecule has 0 radical (unpaired) electrons. The van der Waals surface area contributed by atoms with Gasteiger partial charge in [-0.05, 0) is 61.4 Å². The highest BCUT2D eigenvalue weighted by atomic mass is 19.3. The second kappa shape index (κ2) is 8.80. The van der Waals surface area contributed by atoms with E-state index in [-0.39, 0.29) is 17.9 Å². The third-order valence-electron chi connectivity index (χ3n) is 3.22. The zero-order valence-corrected chi connectivity index (χ0v) is 14.2. The summed E-state index contributed by atoms with van der Waals surface area (Å²) in [6, 6.07) is 10.6. The number of aryl methyl sites for hydroxylation is 2. The molecule has 2 amide bonds. The Morgan fingerprint density at radius 2 is 1.58 bits per heavy atom. The fourth-order valence-electron chi connectivity index (χ4n) is 2.19. The second-order valence-electron chi connectivity index (χ2n) is 5.52. The van der Waals surface area contributed by atoms with Crippen LogP contribution in [-0.2, 0) is 4.79 Å². The number of carbonyl (C=O) groups excluding carboxylic acids is 2. The fourth-order valence-corrected chi connectivity index (χ4v) is 2.19. The molecule has 0 saturated carbocycles. The van der Waals surface area contributed by atoms with Crippen LogP contribution in [0.4, 0.5) is 8.78 Å². The Morgan fingerprint density at radius 3 is 2.15 bits per heavy atom. The fraction of sp³-hybridized carbons (Fsp3) is 0.222. The van der Waals surface area contributed by atoms with Crippen LogP contribution in [0.3, 0.4) is 0 Å². The maximum atomic E-state index is 12.1. The quantitative estimate of drug-likeness (QED) is 0.773. The summed E-state index contributed by atoms with van der Waals surface area (Å²) in [4.78, 5) is 23.6. The van der Waals surface area contributed by atoms with Crippen LogP contribution in [0.15, 0.2) is 42.5 Å². The maximum Gasteiger partial charge on any atom is 0.387 e. The predicted molar refractivity (Wildman–Crippen MR) is 90.1 cm³/mol. The number of halogens is 2. The molecular formula is C18H18F2N2O4. The van der Waals surface area contributed by atoms with Gasteiger partial charge >= 0.3 is 6.61 Å². The molecule has 0 spiro atoms. The van der Waals surface area contributed by atoms with Gasteiger partial charge in [0.05, 0.1) is 0 Å². The van der Waals surface area contributed by atoms with Crippen molar-refractivity contribution in [2.75, 3.05) is 6.61 Å². The molecule has 8 heteroatoms. The molecule has 0 bridgehead atoms. The van der Waals surface area contributed by atoms with Crippen LogP contribution >= 0.6 is 0 Å². The minimum Gasteiger partial charge on any atom is -0.484 e. The van der Waals surface area contributed by atoms with Crippen LogP contribution < -0.4 is 20.3 Å². The maximum absolute atomic E-state index is 12.1. The van der Waals surface area contributed by atoms with Gasteiger partial charge in [0, 0.05) is 5.56 Å². The highest BCUT2D eigenvalue weighted by molar-refractivity contribution is 5.95. The number of carbonyl (C=O) groups is 2. The summed E-state index contributed by atoms with van der Waals surface area (Å²) in [6.07, 6.45) is 0. The molecule has 0 saturated heterocycles. The lowest BCUT2D eigenvalue weighted by Crippen LogP contribution is -2.43. The number of ether oxygens (including phenoxy) is 2. The summed E-state index contributed by atoms with van der Waals surface area (Å²) in [5, 5.41) is 0. The van der Waals surface area contributed by atoms with E-state index in [1.807, 2.05) is 19.9 Å². The summed E-state index contributed by atoms with van der Waals surface area (Å²) in [5.41, 5.74) is 6.61. The smallest absolute Gasteiger partial charge is 0.387 e. The van der Waals surface area contributed by atoms with Crippen molar-refractivity contribution < 1.29 is 27.8 Å². The average molecular weight is 364 g/mol. The van der Waals surface area contributed by atoms with Gasteiger partial charge in [-0.15, -0.1) is 0 Å². The number of hydrazine groups is 1. The van der Waals surface area contributed by atoms with Crippen molar-refractivity contribution in [3.8, 4) is 11.5 Å². The molecule has 138 valence electrons. The molecule has 0 aliphatic carbocycles. The summed E-state index contributed by atoms with van der Waals surface area (Å²) in [7, 11) is 0. The number of amides is 2. The minimum atomic E-state index is -2.94. The summed E-state index contributed by atoms with van der Waals surface area (Å²) in [6.45, 7) is 0.617. The van der Waals surface area contributed by atoms with Gasteiger partial charge in [0.15, 0.2) is 6.61 Å². The first-order chi connectivity index (χ1) is 12.3.